The second-order valence-electron chi connectivity index (χ2n) is 5.96. The lowest BCUT2D eigenvalue weighted by molar-refractivity contribution is -0.156. The summed E-state index contributed by atoms with van der Waals surface area (Å²) in [6.45, 7) is 7.21. The molecule has 0 aromatic heterocycles. The van der Waals surface area contributed by atoms with Gasteiger partial charge in [-0.3, -0.25) is 9.59 Å². The van der Waals surface area contributed by atoms with Crippen molar-refractivity contribution in [2.24, 2.45) is 11.8 Å². The van der Waals surface area contributed by atoms with Gasteiger partial charge in [-0.25, -0.2) is 0 Å². The molecule has 0 saturated carbocycles. The Morgan fingerprint density at radius 3 is 2.32 bits per heavy atom. The molecule has 5 heteroatoms. The van der Waals surface area contributed by atoms with Crippen LogP contribution in [0.4, 0.5) is 0 Å². The zero-order chi connectivity index (χ0) is 15.1. The molecule has 0 aliphatic heterocycles. The van der Waals surface area contributed by atoms with Crippen LogP contribution in [0, 0.1) is 11.8 Å². The van der Waals surface area contributed by atoms with Crippen molar-refractivity contribution < 1.29 is 24.2 Å². The number of hydrogen-bond donors (Lipinski definition) is 1. The number of esters is 1. The van der Waals surface area contributed by atoms with Crippen LogP contribution in [-0.4, -0.2) is 28.9 Å². The van der Waals surface area contributed by atoms with E-state index in [2.05, 4.69) is 0 Å². The lowest BCUT2D eigenvalue weighted by atomic mass is 9.91. The van der Waals surface area contributed by atoms with Crippen LogP contribution >= 0.6 is 0 Å². The van der Waals surface area contributed by atoms with E-state index in [-0.39, 0.29) is 18.8 Å². The van der Waals surface area contributed by atoms with E-state index >= 15 is 0 Å². The average Bonchev–Trinajstić information content (AvgIpc) is 2.22. The molecule has 0 bridgehead atoms. The summed E-state index contributed by atoms with van der Waals surface area (Å²) in [6, 6.07) is 0. The van der Waals surface area contributed by atoms with Crippen molar-refractivity contribution in [3.63, 3.8) is 0 Å². The van der Waals surface area contributed by atoms with Crippen LogP contribution in [0.2, 0.25) is 0 Å². The van der Waals surface area contributed by atoms with E-state index in [9.17, 15) is 14.4 Å². The van der Waals surface area contributed by atoms with Crippen LogP contribution in [0.5, 0.6) is 0 Å². The van der Waals surface area contributed by atoms with Gasteiger partial charge in [0.05, 0.1) is 6.42 Å². The van der Waals surface area contributed by atoms with Crippen molar-refractivity contribution in [3.8, 4) is 0 Å². The maximum Gasteiger partial charge on any atom is 0.307 e. The summed E-state index contributed by atoms with van der Waals surface area (Å²) in [5.41, 5.74) is -0.556. The predicted octanol–water partition coefficient (Wildman–Crippen LogP) is 2.42. The molecule has 0 amide bonds. The van der Waals surface area contributed by atoms with E-state index < -0.39 is 23.5 Å². The smallest absolute Gasteiger partial charge is 0.307 e. The van der Waals surface area contributed by atoms with Gasteiger partial charge in [-0.15, -0.1) is 0 Å². The third kappa shape index (κ3) is 10.2. The maximum absolute atomic E-state index is 11.6. The Bertz CT molecular complexity index is 316. The summed E-state index contributed by atoms with van der Waals surface area (Å²) in [5.74, 6) is -1.55. The summed E-state index contributed by atoms with van der Waals surface area (Å²) in [4.78, 5) is 33.0. The molecule has 0 radical (unpaired) electrons. The lowest BCUT2D eigenvalue weighted by Crippen LogP contribution is -2.26. The number of carboxylic acid groups (broad SMARTS) is 1. The summed E-state index contributed by atoms with van der Waals surface area (Å²) < 4.78 is 5.16. The highest BCUT2D eigenvalue weighted by Crippen LogP contribution is 2.20. The molecule has 0 aromatic carbocycles. The molecule has 0 aliphatic rings. The number of rotatable bonds is 8. The van der Waals surface area contributed by atoms with Crippen molar-refractivity contribution >= 4 is 18.2 Å². The Hall–Kier alpha value is -1.39. The van der Waals surface area contributed by atoms with Gasteiger partial charge in [0.25, 0.3) is 0 Å². The normalized spacial score (nSPS) is 14.5. The fraction of sp³-hybridized carbons (Fsp3) is 0.786. The summed E-state index contributed by atoms with van der Waals surface area (Å²) in [7, 11) is 0. The largest absolute Gasteiger partial charge is 0.481 e. The number of carbonyl (C=O) groups is 3. The van der Waals surface area contributed by atoms with Gasteiger partial charge < -0.3 is 14.6 Å². The van der Waals surface area contributed by atoms with Gasteiger partial charge >= 0.3 is 11.9 Å². The Kier molecular flexibility index (Phi) is 7.34. The van der Waals surface area contributed by atoms with E-state index in [0.29, 0.717) is 12.8 Å². The van der Waals surface area contributed by atoms with Crippen molar-refractivity contribution in [1.82, 2.24) is 0 Å². The van der Waals surface area contributed by atoms with Gasteiger partial charge in [-0.1, -0.05) is 6.92 Å². The topological polar surface area (TPSA) is 80.7 Å². The summed E-state index contributed by atoms with van der Waals surface area (Å²) in [6.07, 6.45) is 1.91. The minimum atomic E-state index is -0.846. The van der Waals surface area contributed by atoms with Gasteiger partial charge in [0, 0.05) is 12.3 Å². The highest BCUT2D eigenvalue weighted by Gasteiger charge is 2.21. The highest BCUT2D eigenvalue weighted by molar-refractivity contribution is 5.74. The molecular formula is C14H24O5. The second kappa shape index (κ2) is 7.92. The summed E-state index contributed by atoms with van der Waals surface area (Å²) >= 11 is 0. The monoisotopic (exact) mass is 272 g/mol. The SMILES string of the molecule is CC(CCC(=O)O)C[C@@H](C=O)CC(=O)OC(C)(C)C. The Morgan fingerprint density at radius 1 is 1.32 bits per heavy atom. The molecule has 0 aromatic rings. The zero-order valence-corrected chi connectivity index (χ0v) is 12.1. The van der Waals surface area contributed by atoms with Gasteiger partial charge in [0.15, 0.2) is 0 Å². The molecule has 0 rings (SSSR count). The first-order chi connectivity index (χ1) is 8.64. The van der Waals surface area contributed by atoms with E-state index in [1.807, 2.05) is 6.92 Å². The quantitative estimate of drug-likeness (QED) is 0.542. The molecule has 0 saturated heterocycles. The molecule has 1 N–H and O–H groups in total. The molecule has 19 heavy (non-hydrogen) atoms. The maximum atomic E-state index is 11.6. The van der Waals surface area contributed by atoms with Crippen LogP contribution in [0.15, 0.2) is 0 Å². The van der Waals surface area contributed by atoms with Crippen molar-refractivity contribution in [1.29, 1.82) is 0 Å². The molecule has 0 spiro atoms. The van der Waals surface area contributed by atoms with Crippen molar-refractivity contribution in [2.45, 2.75) is 59.0 Å². The van der Waals surface area contributed by atoms with E-state index in [0.717, 1.165) is 6.29 Å². The van der Waals surface area contributed by atoms with Crippen LogP contribution in [-0.2, 0) is 19.1 Å². The first-order valence-electron chi connectivity index (χ1n) is 6.53. The molecular weight excluding hydrogens is 248 g/mol. The molecule has 5 nitrogen and oxygen atoms in total. The van der Waals surface area contributed by atoms with Crippen LogP contribution < -0.4 is 0 Å². The van der Waals surface area contributed by atoms with Crippen LogP contribution in [0.1, 0.15) is 53.4 Å². The highest BCUT2D eigenvalue weighted by atomic mass is 16.6. The Labute approximate surface area is 114 Å². The molecule has 1 unspecified atom stereocenters. The van der Waals surface area contributed by atoms with Crippen molar-refractivity contribution in [2.75, 3.05) is 0 Å². The first-order valence-corrected chi connectivity index (χ1v) is 6.53. The standard InChI is InChI=1S/C14H24O5/c1-10(5-6-12(16)17)7-11(9-15)8-13(18)19-14(2,3)4/h9-11H,5-8H2,1-4H3,(H,16,17)/t10?,11-/m1/s1. The first kappa shape index (κ1) is 17.6. The van der Waals surface area contributed by atoms with Gasteiger partial charge in [0.1, 0.15) is 11.9 Å². The van der Waals surface area contributed by atoms with Gasteiger partial charge in [-0.05, 0) is 39.5 Å². The average molecular weight is 272 g/mol. The molecule has 0 aliphatic carbocycles. The third-order valence-corrected chi connectivity index (χ3v) is 2.60. The van der Waals surface area contributed by atoms with Crippen LogP contribution in [0.25, 0.3) is 0 Å². The Balaban J connectivity index is 4.17. The number of aldehydes is 1. The van der Waals surface area contributed by atoms with E-state index in [1.165, 1.54) is 0 Å². The van der Waals surface area contributed by atoms with E-state index in [4.69, 9.17) is 9.84 Å². The van der Waals surface area contributed by atoms with Crippen molar-refractivity contribution in [3.05, 3.63) is 0 Å². The number of hydrogen-bond acceptors (Lipinski definition) is 4. The second-order valence-corrected chi connectivity index (χ2v) is 5.96. The fourth-order valence-corrected chi connectivity index (χ4v) is 1.79. The predicted molar refractivity (Wildman–Crippen MR) is 70.7 cm³/mol. The molecule has 2 atom stereocenters. The molecule has 0 heterocycles. The molecule has 0 fully saturated rings. The number of carbonyl (C=O) groups excluding carboxylic acids is 2. The Morgan fingerprint density at radius 2 is 1.89 bits per heavy atom. The third-order valence-electron chi connectivity index (χ3n) is 2.60. The molecule has 110 valence electrons. The number of carboxylic acids is 1. The lowest BCUT2D eigenvalue weighted by Gasteiger charge is -2.21. The van der Waals surface area contributed by atoms with Gasteiger partial charge in [0.2, 0.25) is 0 Å². The van der Waals surface area contributed by atoms with E-state index in [1.54, 1.807) is 20.8 Å². The zero-order valence-electron chi connectivity index (χ0n) is 12.1. The fourth-order valence-electron chi connectivity index (χ4n) is 1.79. The van der Waals surface area contributed by atoms with Crippen LogP contribution in [0.3, 0.4) is 0 Å². The number of ether oxygens (including phenoxy) is 1. The summed E-state index contributed by atoms with van der Waals surface area (Å²) in [5, 5.41) is 8.58. The minimum Gasteiger partial charge on any atom is -0.481 e. The number of aliphatic carboxylic acids is 1. The van der Waals surface area contributed by atoms with Gasteiger partial charge in [-0.2, -0.15) is 0 Å². The minimum absolute atomic E-state index is 0.0538.